The highest BCUT2D eigenvalue weighted by Crippen LogP contribution is 2.37. The van der Waals surface area contributed by atoms with Gasteiger partial charge in [-0.15, -0.1) is 0 Å². The topological polar surface area (TPSA) is 103 Å². The van der Waals surface area contributed by atoms with Gasteiger partial charge < -0.3 is 9.15 Å². The lowest BCUT2D eigenvalue weighted by Gasteiger charge is -2.21. The number of halogens is 1. The number of ether oxygens (including phenoxy) is 1. The number of esters is 1. The van der Waals surface area contributed by atoms with E-state index in [-0.39, 0.29) is 18.2 Å². The zero-order chi connectivity index (χ0) is 27.5. The first-order valence-corrected chi connectivity index (χ1v) is 12.8. The molecule has 1 aliphatic rings. The van der Waals surface area contributed by atoms with E-state index in [4.69, 9.17) is 9.15 Å². The molecule has 2 heterocycles. The fourth-order valence-corrected chi connectivity index (χ4v) is 4.76. The van der Waals surface area contributed by atoms with Crippen LogP contribution in [0.15, 0.2) is 105 Å². The zero-order valence-corrected chi connectivity index (χ0v) is 22.3. The van der Waals surface area contributed by atoms with Gasteiger partial charge in [0.05, 0.1) is 22.8 Å². The van der Waals surface area contributed by atoms with Crippen LogP contribution >= 0.6 is 15.9 Å². The minimum absolute atomic E-state index is 0.0370. The Balaban J connectivity index is 1.49. The minimum atomic E-state index is -0.467. The number of non-ortho nitro benzene ring substituents is 1. The molecule has 0 fully saturated rings. The molecule has 5 rings (SSSR count). The van der Waals surface area contributed by atoms with Crippen LogP contribution in [-0.4, -0.2) is 23.4 Å². The molecule has 0 unspecified atom stereocenters. The zero-order valence-electron chi connectivity index (χ0n) is 20.7. The summed E-state index contributed by atoms with van der Waals surface area (Å²) in [6, 6.07) is 24.1. The molecule has 0 bridgehead atoms. The lowest BCUT2D eigenvalue weighted by Crippen LogP contribution is -2.25. The number of furan rings is 1. The van der Waals surface area contributed by atoms with Crippen LogP contribution in [0.5, 0.6) is 0 Å². The molecule has 8 nitrogen and oxygen atoms in total. The number of carbonyl (C=O) groups is 2. The molecule has 0 aliphatic carbocycles. The Labute approximate surface area is 232 Å². The van der Waals surface area contributed by atoms with Gasteiger partial charge in [0.2, 0.25) is 0 Å². The first-order chi connectivity index (χ1) is 18.9. The van der Waals surface area contributed by atoms with E-state index in [1.165, 1.54) is 12.1 Å². The fraction of sp³-hybridized carbons (Fsp3) is 0.0667. The molecule has 0 atom stereocenters. The van der Waals surface area contributed by atoms with Gasteiger partial charge in [-0.05, 0) is 83.0 Å². The average Bonchev–Trinajstić information content (AvgIpc) is 3.53. The molecule has 0 saturated carbocycles. The monoisotopic (exact) mass is 584 g/mol. The summed E-state index contributed by atoms with van der Waals surface area (Å²) < 4.78 is 11.6. The second-order valence-corrected chi connectivity index (χ2v) is 9.38. The predicted molar refractivity (Wildman–Crippen MR) is 151 cm³/mol. The van der Waals surface area contributed by atoms with Gasteiger partial charge in [-0.25, -0.2) is 4.79 Å². The van der Waals surface area contributed by atoms with Crippen molar-refractivity contribution in [1.82, 2.24) is 0 Å². The maximum absolute atomic E-state index is 13.6. The molecule has 0 N–H and O–H groups in total. The molecule has 1 aromatic heterocycles. The molecule has 3 aromatic carbocycles. The molecule has 1 amide bonds. The molecule has 0 radical (unpaired) electrons. The summed E-state index contributed by atoms with van der Waals surface area (Å²) in [5, 5.41) is 11.1. The Kier molecular flexibility index (Phi) is 7.25. The van der Waals surface area contributed by atoms with Crippen LogP contribution in [0.3, 0.4) is 0 Å². The van der Waals surface area contributed by atoms with E-state index < -0.39 is 10.9 Å². The van der Waals surface area contributed by atoms with Gasteiger partial charge >= 0.3 is 5.97 Å². The highest BCUT2D eigenvalue weighted by Gasteiger charge is 2.31. The van der Waals surface area contributed by atoms with Gasteiger partial charge in [-0.3, -0.25) is 19.8 Å². The van der Waals surface area contributed by atoms with E-state index in [1.807, 2.05) is 30.3 Å². The number of benzene rings is 3. The summed E-state index contributed by atoms with van der Waals surface area (Å²) in [6.45, 7) is 2.02. The molecular weight excluding hydrogens is 564 g/mol. The van der Waals surface area contributed by atoms with E-state index in [2.05, 4.69) is 15.9 Å². The number of carbonyl (C=O) groups excluding carboxylic acids is 2. The summed E-state index contributed by atoms with van der Waals surface area (Å²) >= 11 is 3.37. The Hall–Kier alpha value is -4.76. The Morgan fingerprint density at radius 1 is 1.05 bits per heavy atom. The van der Waals surface area contributed by atoms with Crippen molar-refractivity contribution in [2.24, 2.45) is 0 Å². The number of hydrogen-bond donors (Lipinski definition) is 0. The van der Waals surface area contributed by atoms with Crippen molar-refractivity contribution in [2.45, 2.75) is 6.92 Å². The number of nitro groups is 1. The lowest BCUT2D eigenvalue weighted by molar-refractivity contribution is -0.384. The van der Waals surface area contributed by atoms with E-state index in [0.717, 1.165) is 5.56 Å². The second kappa shape index (κ2) is 10.9. The Morgan fingerprint density at radius 3 is 2.46 bits per heavy atom. The molecule has 0 spiro atoms. The highest BCUT2D eigenvalue weighted by molar-refractivity contribution is 9.10. The van der Waals surface area contributed by atoms with Crippen molar-refractivity contribution < 1.29 is 23.7 Å². The number of nitro benzene ring substituents is 1. The van der Waals surface area contributed by atoms with Crippen LogP contribution in [-0.2, 0) is 9.53 Å². The maximum Gasteiger partial charge on any atom is 0.338 e. The smallest absolute Gasteiger partial charge is 0.338 e. The normalized spacial score (nSPS) is 14.0. The van der Waals surface area contributed by atoms with Gasteiger partial charge in [-0.2, -0.15) is 0 Å². The number of hydrogen-bond acceptors (Lipinski definition) is 6. The van der Waals surface area contributed by atoms with Crippen LogP contribution in [0.1, 0.15) is 28.6 Å². The largest absolute Gasteiger partial charge is 0.462 e. The van der Waals surface area contributed by atoms with Crippen molar-refractivity contribution in [3.05, 3.63) is 128 Å². The third kappa shape index (κ3) is 5.30. The minimum Gasteiger partial charge on any atom is -0.462 e. The van der Waals surface area contributed by atoms with Gasteiger partial charge in [0, 0.05) is 33.4 Å². The van der Waals surface area contributed by atoms with Gasteiger partial charge in [0.15, 0.2) is 0 Å². The summed E-state index contributed by atoms with van der Waals surface area (Å²) in [5.74, 6) is 0.256. The van der Waals surface area contributed by atoms with Gasteiger partial charge in [0.1, 0.15) is 11.5 Å². The Bertz CT molecular complexity index is 1640. The van der Waals surface area contributed by atoms with Gasteiger partial charge in [-0.1, -0.05) is 30.3 Å². The Morgan fingerprint density at radius 2 is 1.79 bits per heavy atom. The molecular formula is C30H21BrN2O6. The van der Waals surface area contributed by atoms with Crippen molar-refractivity contribution in [2.75, 3.05) is 11.5 Å². The second-order valence-electron chi connectivity index (χ2n) is 8.53. The number of amides is 1. The van der Waals surface area contributed by atoms with E-state index >= 15 is 0 Å². The highest BCUT2D eigenvalue weighted by atomic mass is 79.9. The van der Waals surface area contributed by atoms with Crippen molar-refractivity contribution in [1.29, 1.82) is 0 Å². The first-order valence-electron chi connectivity index (χ1n) is 12.0. The van der Waals surface area contributed by atoms with Crippen LogP contribution < -0.4 is 4.90 Å². The summed E-state index contributed by atoms with van der Waals surface area (Å²) in [6.07, 6.45) is 3.45. The quantitative estimate of drug-likeness (QED) is 0.0979. The third-order valence-electron chi connectivity index (χ3n) is 6.04. The van der Waals surface area contributed by atoms with E-state index in [0.29, 0.717) is 44.1 Å². The van der Waals surface area contributed by atoms with Crippen LogP contribution in [0, 0.1) is 10.1 Å². The fourth-order valence-electron chi connectivity index (χ4n) is 4.20. The standard InChI is InChI=1S/C30H21BrN2O6/c1-2-38-30(35)20-8-10-22(11-9-20)32-27(19-6-4-3-5-7-19)17-21(29(32)34)16-24-13-15-28(39-24)25-14-12-23(33(36)37)18-26(25)31/h3-18H,2H2,1H3/b21-16-. The average molecular weight is 585 g/mol. The maximum atomic E-state index is 13.6. The number of nitrogens with zero attached hydrogens (tertiary/aromatic N) is 2. The molecule has 4 aromatic rings. The van der Waals surface area contributed by atoms with Gasteiger partial charge in [0.25, 0.3) is 11.6 Å². The summed E-state index contributed by atoms with van der Waals surface area (Å²) in [5.41, 5.74) is 3.54. The van der Waals surface area contributed by atoms with E-state index in [9.17, 15) is 19.7 Å². The van der Waals surface area contributed by atoms with Crippen LogP contribution in [0.2, 0.25) is 0 Å². The third-order valence-corrected chi connectivity index (χ3v) is 6.70. The SMILES string of the molecule is CCOC(=O)c1ccc(N2C(=O)/C(=C\c3ccc(-c4ccc([N+](=O)[O-])cc4Br)o3)C=C2c2ccccc2)cc1. The van der Waals surface area contributed by atoms with Crippen molar-refractivity contribution >= 4 is 51.0 Å². The summed E-state index contributed by atoms with van der Waals surface area (Å²) in [4.78, 5) is 37.9. The van der Waals surface area contributed by atoms with Crippen LogP contribution in [0.4, 0.5) is 11.4 Å². The van der Waals surface area contributed by atoms with Crippen molar-refractivity contribution in [3.63, 3.8) is 0 Å². The molecule has 0 saturated heterocycles. The number of anilines is 1. The predicted octanol–water partition coefficient (Wildman–Crippen LogP) is 7.27. The molecule has 39 heavy (non-hydrogen) atoms. The lowest BCUT2D eigenvalue weighted by atomic mass is 10.1. The van der Waals surface area contributed by atoms with Crippen LogP contribution in [0.25, 0.3) is 23.1 Å². The first kappa shape index (κ1) is 25.9. The van der Waals surface area contributed by atoms with E-state index in [1.54, 1.807) is 66.4 Å². The van der Waals surface area contributed by atoms with Crippen molar-refractivity contribution in [3.8, 4) is 11.3 Å². The molecule has 194 valence electrons. The molecule has 9 heteroatoms. The summed E-state index contributed by atoms with van der Waals surface area (Å²) in [7, 11) is 0. The molecule has 1 aliphatic heterocycles. The number of rotatable bonds is 7.